The van der Waals surface area contributed by atoms with E-state index in [2.05, 4.69) is 19.2 Å². The number of nitrogens with zero attached hydrogens (tertiary/aromatic N) is 1. The summed E-state index contributed by atoms with van der Waals surface area (Å²) in [6.45, 7) is 9.64. The first-order valence-corrected chi connectivity index (χ1v) is 8.08. The zero-order chi connectivity index (χ0) is 15.9. The van der Waals surface area contributed by atoms with Crippen LogP contribution in [0.4, 0.5) is 0 Å². The predicted molar refractivity (Wildman–Crippen MR) is 94.0 cm³/mol. The van der Waals surface area contributed by atoms with Gasteiger partial charge in [-0.05, 0) is 38.5 Å². The summed E-state index contributed by atoms with van der Waals surface area (Å²) < 4.78 is 11.3. The fourth-order valence-electron chi connectivity index (χ4n) is 2.55. The molecule has 1 aliphatic heterocycles. The number of rotatable bonds is 6. The number of amides is 1. The van der Waals surface area contributed by atoms with E-state index in [1.165, 1.54) is 0 Å². The molecule has 0 saturated carbocycles. The topological polar surface area (TPSA) is 50.8 Å². The lowest BCUT2D eigenvalue weighted by molar-refractivity contribution is 0.0655. The highest BCUT2D eigenvalue weighted by molar-refractivity contribution is 5.95. The maximum atomic E-state index is 12.7. The molecule has 5 nitrogen and oxygen atoms in total. The minimum absolute atomic E-state index is 0. The van der Waals surface area contributed by atoms with Gasteiger partial charge in [-0.25, -0.2) is 0 Å². The van der Waals surface area contributed by atoms with Crippen LogP contribution in [0.15, 0.2) is 18.2 Å². The lowest BCUT2D eigenvalue weighted by Crippen LogP contribution is -2.52. The highest BCUT2D eigenvalue weighted by atomic mass is 35.5. The summed E-state index contributed by atoms with van der Waals surface area (Å²) in [6.07, 6.45) is 0.935. The molecule has 0 radical (unpaired) electrons. The van der Waals surface area contributed by atoms with Crippen molar-refractivity contribution in [3.8, 4) is 11.5 Å². The Morgan fingerprint density at radius 3 is 2.74 bits per heavy atom. The maximum Gasteiger partial charge on any atom is 0.254 e. The SMILES string of the molecule is CCCOc1ccc(C(=O)N2CCNC[C@H]2C)cc1OCC.Cl. The molecular formula is C17H27ClN2O3. The van der Waals surface area contributed by atoms with Crippen LogP contribution in [0.5, 0.6) is 11.5 Å². The lowest BCUT2D eigenvalue weighted by Gasteiger charge is -2.34. The monoisotopic (exact) mass is 342 g/mol. The van der Waals surface area contributed by atoms with E-state index in [-0.39, 0.29) is 24.4 Å². The van der Waals surface area contributed by atoms with Gasteiger partial charge in [0, 0.05) is 31.2 Å². The highest BCUT2D eigenvalue weighted by Crippen LogP contribution is 2.29. The number of benzene rings is 1. The molecular weight excluding hydrogens is 316 g/mol. The van der Waals surface area contributed by atoms with Crippen LogP contribution in [0.1, 0.15) is 37.6 Å². The Morgan fingerprint density at radius 2 is 2.09 bits per heavy atom. The zero-order valence-corrected chi connectivity index (χ0v) is 14.9. The highest BCUT2D eigenvalue weighted by Gasteiger charge is 2.24. The van der Waals surface area contributed by atoms with Crippen molar-refractivity contribution in [3.63, 3.8) is 0 Å². The molecule has 0 aliphatic carbocycles. The molecule has 1 aromatic carbocycles. The van der Waals surface area contributed by atoms with E-state index >= 15 is 0 Å². The van der Waals surface area contributed by atoms with Crippen LogP contribution in [0, 0.1) is 0 Å². The van der Waals surface area contributed by atoms with Gasteiger partial charge in [0.25, 0.3) is 5.91 Å². The van der Waals surface area contributed by atoms with Gasteiger partial charge in [-0.1, -0.05) is 6.92 Å². The first-order chi connectivity index (χ1) is 10.7. The molecule has 6 heteroatoms. The summed E-state index contributed by atoms with van der Waals surface area (Å²) in [5.74, 6) is 1.40. The first-order valence-electron chi connectivity index (χ1n) is 8.08. The standard InChI is InChI=1S/C17H26N2O3.ClH/c1-4-10-22-15-7-6-14(11-16(15)21-5-2)17(20)19-9-8-18-12-13(19)3;/h6-7,11,13,18H,4-5,8-10,12H2,1-3H3;1H/t13-;/m1./s1. The Kier molecular flexibility index (Phi) is 8.20. The summed E-state index contributed by atoms with van der Waals surface area (Å²) in [7, 11) is 0. The Labute approximate surface area is 144 Å². The molecule has 1 amide bonds. The molecule has 1 heterocycles. The molecule has 1 N–H and O–H groups in total. The molecule has 0 aromatic heterocycles. The van der Waals surface area contributed by atoms with Gasteiger partial charge in [-0.15, -0.1) is 12.4 Å². The Balaban J connectivity index is 0.00000264. The lowest BCUT2D eigenvalue weighted by atomic mass is 10.1. The van der Waals surface area contributed by atoms with Crippen molar-refractivity contribution in [1.29, 1.82) is 0 Å². The van der Waals surface area contributed by atoms with Crippen LogP contribution in [0.25, 0.3) is 0 Å². The van der Waals surface area contributed by atoms with E-state index in [4.69, 9.17) is 9.47 Å². The van der Waals surface area contributed by atoms with Crippen LogP contribution in [0.2, 0.25) is 0 Å². The zero-order valence-electron chi connectivity index (χ0n) is 14.1. The van der Waals surface area contributed by atoms with E-state index in [1.807, 2.05) is 24.0 Å². The van der Waals surface area contributed by atoms with Gasteiger partial charge in [0.1, 0.15) is 0 Å². The van der Waals surface area contributed by atoms with Crippen molar-refractivity contribution in [2.24, 2.45) is 0 Å². The van der Waals surface area contributed by atoms with E-state index < -0.39 is 0 Å². The summed E-state index contributed by atoms with van der Waals surface area (Å²) in [4.78, 5) is 14.6. The first kappa shape index (κ1) is 19.6. The normalized spacial score (nSPS) is 17.3. The largest absolute Gasteiger partial charge is 0.490 e. The molecule has 0 bridgehead atoms. The van der Waals surface area contributed by atoms with E-state index in [0.717, 1.165) is 26.1 Å². The quantitative estimate of drug-likeness (QED) is 0.863. The van der Waals surface area contributed by atoms with Crippen LogP contribution in [-0.4, -0.2) is 49.7 Å². The van der Waals surface area contributed by atoms with Crippen molar-refractivity contribution >= 4 is 18.3 Å². The van der Waals surface area contributed by atoms with Crippen molar-refractivity contribution < 1.29 is 14.3 Å². The number of piperazine rings is 1. The summed E-state index contributed by atoms with van der Waals surface area (Å²) in [5.41, 5.74) is 0.654. The summed E-state index contributed by atoms with van der Waals surface area (Å²) >= 11 is 0. The third-order valence-electron chi connectivity index (χ3n) is 3.71. The van der Waals surface area contributed by atoms with Gasteiger partial charge in [0.05, 0.1) is 13.2 Å². The predicted octanol–water partition coefficient (Wildman–Crippen LogP) is 2.73. The van der Waals surface area contributed by atoms with Gasteiger partial charge in [0.15, 0.2) is 11.5 Å². The molecule has 23 heavy (non-hydrogen) atoms. The third-order valence-corrected chi connectivity index (χ3v) is 3.71. The van der Waals surface area contributed by atoms with E-state index in [0.29, 0.717) is 30.3 Å². The second kappa shape index (κ2) is 9.63. The molecule has 0 unspecified atom stereocenters. The molecule has 1 aliphatic rings. The Morgan fingerprint density at radius 1 is 1.30 bits per heavy atom. The van der Waals surface area contributed by atoms with Crippen LogP contribution >= 0.6 is 12.4 Å². The Bertz CT molecular complexity index is 511. The fourth-order valence-corrected chi connectivity index (χ4v) is 2.55. The average molecular weight is 343 g/mol. The van der Waals surface area contributed by atoms with E-state index in [9.17, 15) is 4.79 Å². The second-order valence-corrected chi connectivity index (χ2v) is 5.49. The molecule has 1 saturated heterocycles. The van der Waals surface area contributed by atoms with Crippen LogP contribution in [0.3, 0.4) is 0 Å². The molecule has 130 valence electrons. The van der Waals surface area contributed by atoms with Crippen molar-refractivity contribution in [2.75, 3.05) is 32.8 Å². The third kappa shape index (κ3) is 5.01. The van der Waals surface area contributed by atoms with Gasteiger partial charge in [-0.2, -0.15) is 0 Å². The molecule has 2 rings (SSSR count). The van der Waals surface area contributed by atoms with Crippen LogP contribution in [-0.2, 0) is 0 Å². The van der Waals surface area contributed by atoms with Crippen molar-refractivity contribution in [3.05, 3.63) is 23.8 Å². The van der Waals surface area contributed by atoms with E-state index in [1.54, 1.807) is 6.07 Å². The minimum Gasteiger partial charge on any atom is -0.490 e. The number of carbonyl (C=O) groups excluding carboxylic acids is 1. The molecule has 1 atom stereocenters. The number of hydrogen-bond acceptors (Lipinski definition) is 4. The number of ether oxygens (including phenoxy) is 2. The smallest absolute Gasteiger partial charge is 0.254 e. The van der Waals surface area contributed by atoms with Gasteiger partial charge in [-0.3, -0.25) is 4.79 Å². The fraction of sp³-hybridized carbons (Fsp3) is 0.588. The number of carbonyl (C=O) groups is 1. The molecule has 1 fully saturated rings. The maximum absolute atomic E-state index is 12.7. The molecule has 0 spiro atoms. The minimum atomic E-state index is 0. The average Bonchev–Trinajstić information content (AvgIpc) is 2.54. The second-order valence-electron chi connectivity index (χ2n) is 5.49. The number of nitrogens with one attached hydrogen (secondary N) is 1. The summed E-state index contributed by atoms with van der Waals surface area (Å²) in [6, 6.07) is 5.66. The number of halogens is 1. The van der Waals surface area contributed by atoms with Crippen LogP contribution < -0.4 is 14.8 Å². The van der Waals surface area contributed by atoms with Gasteiger partial charge < -0.3 is 19.7 Å². The van der Waals surface area contributed by atoms with Gasteiger partial charge >= 0.3 is 0 Å². The van der Waals surface area contributed by atoms with Crippen molar-refractivity contribution in [2.45, 2.75) is 33.2 Å². The Hall–Kier alpha value is -1.46. The van der Waals surface area contributed by atoms with Crippen molar-refractivity contribution in [1.82, 2.24) is 10.2 Å². The summed E-state index contributed by atoms with van der Waals surface area (Å²) in [5, 5.41) is 3.30. The number of hydrogen-bond donors (Lipinski definition) is 1. The molecule has 1 aromatic rings. The van der Waals surface area contributed by atoms with Gasteiger partial charge in [0.2, 0.25) is 0 Å².